The number of aromatic nitrogens is 1. The number of ether oxygens (including phenoxy) is 2. The number of pyridine rings is 1. The molecule has 4 rings (SSSR count). The van der Waals surface area contributed by atoms with E-state index >= 15 is 0 Å². The molecule has 14 N–H and O–H groups in total. The number of sulfonamides is 1. The minimum absolute atomic E-state index is 0.0132. The molecule has 60 heavy (non-hydrogen) atoms. The second-order valence-electron chi connectivity index (χ2n) is 13.7. The lowest BCUT2D eigenvalue weighted by molar-refractivity contribution is -0.326. The molecule has 2 aromatic carbocycles. The van der Waals surface area contributed by atoms with Crippen molar-refractivity contribution in [3.8, 4) is 0 Å². The zero-order valence-electron chi connectivity index (χ0n) is 32.1. The van der Waals surface area contributed by atoms with Crippen LogP contribution in [-0.4, -0.2) is 186 Å². The number of aliphatic hydroxyl groups is 8. The highest BCUT2D eigenvalue weighted by Crippen LogP contribution is 2.38. The summed E-state index contributed by atoms with van der Waals surface area (Å²) in [4.78, 5) is 40.8. The van der Waals surface area contributed by atoms with Crippen LogP contribution in [0.2, 0.25) is 0 Å². The summed E-state index contributed by atoms with van der Waals surface area (Å²) in [5.74, 6) is 0. The molecule has 1 aromatic heterocycles. The number of aliphatic hydroxyl groups excluding tert-OH is 8. The van der Waals surface area contributed by atoms with E-state index in [1.165, 1.54) is 18.2 Å². The minimum Gasteiger partial charge on any atom is -0.394 e. The summed E-state index contributed by atoms with van der Waals surface area (Å²) < 4.78 is 70.9. The van der Waals surface area contributed by atoms with Crippen LogP contribution in [0.1, 0.15) is 19.8 Å². The van der Waals surface area contributed by atoms with Crippen molar-refractivity contribution >= 4 is 58.8 Å². The van der Waals surface area contributed by atoms with Gasteiger partial charge in [0.1, 0.15) is 42.7 Å². The topological polar surface area (TPSA) is 388 Å². The second-order valence-corrected chi connectivity index (χ2v) is 18.1. The highest BCUT2D eigenvalue weighted by Gasteiger charge is 2.47. The zero-order valence-corrected chi connectivity index (χ0v) is 34.7. The Labute approximate surface area is 343 Å². The number of fused-ring (bicyclic) bond motifs is 2. The van der Waals surface area contributed by atoms with Crippen LogP contribution in [-0.2, 0) is 37.7 Å². The van der Waals surface area contributed by atoms with E-state index in [0.717, 1.165) is 4.31 Å². The quantitative estimate of drug-likeness (QED) is 0.0250. The molecule has 3 aromatic rings. The highest BCUT2D eigenvalue weighted by atomic mass is 32.2. The van der Waals surface area contributed by atoms with E-state index in [4.69, 9.17) is 29.0 Å². The van der Waals surface area contributed by atoms with Crippen molar-refractivity contribution < 1.29 is 96.5 Å². The van der Waals surface area contributed by atoms with E-state index in [2.05, 4.69) is 24.7 Å². The maximum Gasteiger partial charge on any atom is 0.469 e. The van der Waals surface area contributed by atoms with Crippen molar-refractivity contribution in [3.63, 3.8) is 0 Å². The average molecular weight is 919 g/mol. The number of phosphoric ester groups is 2. The van der Waals surface area contributed by atoms with Crippen LogP contribution in [0.4, 0.5) is 11.4 Å². The molecular weight excluding hydrogens is 866 g/mol. The lowest BCUT2D eigenvalue weighted by Gasteiger charge is -2.42. The standard InChI is InChI=1S/C33H52N4O20P2S/c1-2-9-37(10-12-55-59(49,50)51)60(52,53)19-5-7-23-21(14-19)27(34-8-3-11-54-58(46,47)48)20-13-18(4-6-22(20)36-23)35-15-24(40)28(42)32(25(41)16-38)57-33-31(45)30(44)29(43)26(17-39)56-33/h4-7,13-14,24-26,28-33,35,38-45H,2-3,8-12,15-17H2,1H3,(H,34,36)(H2,46,47,48)(H2,49,50,51)/t24-,25?,26?,28?,29-,30+,31?,32-,33+/m1/s1. The van der Waals surface area contributed by atoms with Crippen LogP contribution in [0.5, 0.6) is 0 Å². The molecule has 24 nitrogen and oxygen atoms in total. The molecule has 0 saturated carbocycles. The van der Waals surface area contributed by atoms with Gasteiger partial charge in [0, 0.05) is 42.6 Å². The zero-order chi connectivity index (χ0) is 44.6. The Bertz CT molecular complexity index is 2080. The van der Waals surface area contributed by atoms with Crippen LogP contribution in [0.3, 0.4) is 0 Å². The second kappa shape index (κ2) is 21.7. The third-order valence-corrected chi connectivity index (χ3v) is 12.2. The Hall–Kier alpha value is -2.56. The molecule has 27 heteroatoms. The molecular formula is C33H52N4O20P2S. The molecule has 1 fully saturated rings. The van der Waals surface area contributed by atoms with Crippen molar-refractivity contribution in [2.45, 2.75) is 79.8 Å². The number of rotatable bonds is 24. The van der Waals surface area contributed by atoms with Gasteiger partial charge in [0.25, 0.3) is 0 Å². The molecule has 9 atom stereocenters. The Morgan fingerprint density at radius 2 is 1.48 bits per heavy atom. The van der Waals surface area contributed by atoms with Gasteiger partial charge in [-0.25, -0.2) is 22.5 Å². The summed E-state index contributed by atoms with van der Waals surface area (Å²) in [5, 5.41) is 88.9. The first-order valence-electron chi connectivity index (χ1n) is 18.5. The first-order valence-corrected chi connectivity index (χ1v) is 23.0. The van der Waals surface area contributed by atoms with Gasteiger partial charge in [-0.05, 0) is 49.2 Å². The van der Waals surface area contributed by atoms with Gasteiger partial charge in [-0.3, -0.25) is 9.05 Å². The van der Waals surface area contributed by atoms with E-state index < -0.39 is 107 Å². The molecule has 4 unspecified atom stereocenters. The third-order valence-electron chi connectivity index (χ3n) is 9.29. The maximum absolute atomic E-state index is 13.8. The highest BCUT2D eigenvalue weighted by molar-refractivity contribution is 7.89. The van der Waals surface area contributed by atoms with E-state index in [-0.39, 0.29) is 42.9 Å². The number of benzene rings is 2. The van der Waals surface area contributed by atoms with Gasteiger partial charge in [0.05, 0.1) is 54.1 Å². The number of anilines is 2. The van der Waals surface area contributed by atoms with Crippen molar-refractivity contribution in [3.05, 3.63) is 36.4 Å². The normalized spacial score (nSPS) is 22.5. The van der Waals surface area contributed by atoms with Crippen molar-refractivity contribution in [2.24, 2.45) is 0 Å². The molecule has 1 saturated heterocycles. The van der Waals surface area contributed by atoms with E-state index in [1.54, 1.807) is 25.1 Å². The third kappa shape index (κ3) is 13.2. The molecule has 0 bridgehead atoms. The van der Waals surface area contributed by atoms with Crippen LogP contribution >= 0.6 is 15.6 Å². The number of hydrogen-bond donors (Lipinski definition) is 14. The Balaban J connectivity index is 1.65. The van der Waals surface area contributed by atoms with Crippen molar-refractivity contribution in [2.75, 3.05) is 63.2 Å². The summed E-state index contributed by atoms with van der Waals surface area (Å²) in [6.07, 6.45) is -15.8. The summed E-state index contributed by atoms with van der Waals surface area (Å²) >= 11 is 0. The molecule has 1 aliphatic heterocycles. The lowest BCUT2D eigenvalue weighted by atomic mass is 9.98. The maximum atomic E-state index is 13.8. The lowest BCUT2D eigenvalue weighted by Crippen LogP contribution is -2.61. The van der Waals surface area contributed by atoms with Gasteiger partial charge >= 0.3 is 15.6 Å². The van der Waals surface area contributed by atoms with Gasteiger partial charge in [0.15, 0.2) is 6.29 Å². The van der Waals surface area contributed by atoms with Crippen LogP contribution in [0.15, 0.2) is 41.3 Å². The molecule has 2 heterocycles. The van der Waals surface area contributed by atoms with Crippen LogP contribution in [0.25, 0.3) is 21.8 Å². The molecule has 1 aliphatic rings. The van der Waals surface area contributed by atoms with Gasteiger partial charge in [-0.1, -0.05) is 6.92 Å². The fraction of sp³-hybridized carbons (Fsp3) is 0.606. The van der Waals surface area contributed by atoms with Gasteiger partial charge in [-0.15, -0.1) is 0 Å². The summed E-state index contributed by atoms with van der Waals surface area (Å²) in [7, 11) is -13.9. The van der Waals surface area contributed by atoms with Gasteiger partial charge < -0.3 is 80.5 Å². The summed E-state index contributed by atoms with van der Waals surface area (Å²) in [6, 6.07) is 8.80. The number of nitrogens with one attached hydrogen (secondary N) is 2. The molecule has 0 amide bonds. The fourth-order valence-corrected chi connectivity index (χ4v) is 8.49. The predicted octanol–water partition coefficient (Wildman–Crippen LogP) is -2.52. The van der Waals surface area contributed by atoms with Crippen molar-refractivity contribution in [1.82, 2.24) is 9.29 Å². The monoisotopic (exact) mass is 918 g/mol. The van der Waals surface area contributed by atoms with Crippen LogP contribution in [0, 0.1) is 0 Å². The number of phosphoric acid groups is 2. The van der Waals surface area contributed by atoms with Gasteiger partial charge in [-0.2, -0.15) is 4.31 Å². The van der Waals surface area contributed by atoms with E-state index in [9.17, 15) is 58.4 Å². The number of nitrogens with zero attached hydrogens (tertiary/aromatic N) is 2. The summed E-state index contributed by atoms with van der Waals surface area (Å²) in [6.45, 7) is -1.80. The average Bonchev–Trinajstić information content (AvgIpc) is 3.19. The van der Waals surface area contributed by atoms with Crippen molar-refractivity contribution in [1.29, 1.82) is 0 Å². The Morgan fingerprint density at radius 3 is 2.10 bits per heavy atom. The molecule has 0 aliphatic carbocycles. The first kappa shape index (κ1) is 50.1. The minimum atomic E-state index is -4.88. The predicted molar refractivity (Wildman–Crippen MR) is 210 cm³/mol. The fourth-order valence-electron chi connectivity index (χ4n) is 6.26. The number of hydrogen-bond acceptors (Lipinski definition) is 19. The molecule has 0 radical (unpaired) electrons. The Kier molecular flexibility index (Phi) is 18.1. The largest absolute Gasteiger partial charge is 0.469 e. The Morgan fingerprint density at radius 1 is 0.850 bits per heavy atom. The first-order chi connectivity index (χ1) is 28.1. The van der Waals surface area contributed by atoms with E-state index in [0.29, 0.717) is 34.2 Å². The molecule has 0 spiro atoms. The van der Waals surface area contributed by atoms with Crippen LogP contribution < -0.4 is 10.6 Å². The molecule has 340 valence electrons. The SMILES string of the molecule is CCCN(CCOP(=O)(O)O)S(=O)(=O)c1ccc2nc3ccc(NC[C@@H](O)C(O)[C@H](O[C@@H]4OC(CO)[C@@H](O)[C@H](O)C4O)C(O)CO)cc3c(NCCCOP(=O)(O)O)c2c1. The van der Waals surface area contributed by atoms with E-state index in [1.807, 2.05) is 0 Å². The smallest absolute Gasteiger partial charge is 0.394 e. The summed E-state index contributed by atoms with van der Waals surface area (Å²) in [5.41, 5.74) is 1.34. The van der Waals surface area contributed by atoms with Gasteiger partial charge in [0.2, 0.25) is 10.0 Å².